The van der Waals surface area contributed by atoms with Gasteiger partial charge in [-0.3, -0.25) is 4.79 Å². The SMILES string of the molecule is CC(C)N(Cc1ccc(-c2ccccc2F)s1)C(=O)[C@H]1CCN[C@@H](C)C1.Cl. The molecule has 1 aliphatic rings. The molecule has 1 fully saturated rings. The van der Waals surface area contributed by atoms with Crippen LogP contribution in [0.2, 0.25) is 0 Å². The number of carbonyl (C=O) groups excluding carboxylic acids is 1. The van der Waals surface area contributed by atoms with Gasteiger partial charge < -0.3 is 10.2 Å². The average molecular weight is 411 g/mol. The minimum Gasteiger partial charge on any atom is -0.335 e. The number of amides is 1. The van der Waals surface area contributed by atoms with Gasteiger partial charge in [0.05, 0.1) is 6.54 Å². The van der Waals surface area contributed by atoms with Gasteiger partial charge in [0.15, 0.2) is 0 Å². The van der Waals surface area contributed by atoms with E-state index >= 15 is 0 Å². The maximum Gasteiger partial charge on any atom is 0.226 e. The smallest absolute Gasteiger partial charge is 0.226 e. The Balaban J connectivity index is 0.00000261. The quantitative estimate of drug-likeness (QED) is 0.743. The summed E-state index contributed by atoms with van der Waals surface area (Å²) >= 11 is 1.56. The van der Waals surface area contributed by atoms with Crippen molar-refractivity contribution in [3.05, 3.63) is 47.1 Å². The van der Waals surface area contributed by atoms with Crippen LogP contribution in [0.3, 0.4) is 0 Å². The monoisotopic (exact) mass is 410 g/mol. The largest absolute Gasteiger partial charge is 0.335 e. The molecule has 2 aromatic rings. The standard InChI is InChI=1S/C21H27FN2OS.ClH/c1-14(2)24(21(25)16-10-11-23-15(3)12-16)13-17-8-9-20(26-17)18-6-4-5-7-19(18)22;/h4-9,14-16,23H,10-13H2,1-3H3;1H/t15-,16-;/m0./s1. The predicted molar refractivity (Wildman–Crippen MR) is 113 cm³/mol. The molecule has 2 heterocycles. The highest BCUT2D eigenvalue weighted by atomic mass is 35.5. The van der Waals surface area contributed by atoms with Gasteiger partial charge in [-0.05, 0) is 58.4 Å². The lowest BCUT2D eigenvalue weighted by atomic mass is 9.91. The third-order valence-corrected chi connectivity index (χ3v) is 6.11. The summed E-state index contributed by atoms with van der Waals surface area (Å²) in [6.45, 7) is 7.76. The van der Waals surface area contributed by atoms with Crippen LogP contribution in [0.4, 0.5) is 4.39 Å². The van der Waals surface area contributed by atoms with Gasteiger partial charge in [0.25, 0.3) is 0 Å². The molecule has 0 bridgehead atoms. The Labute approximate surface area is 171 Å². The molecule has 27 heavy (non-hydrogen) atoms. The first kappa shape index (κ1) is 21.9. The van der Waals surface area contributed by atoms with Crippen LogP contribution in [0.25, 0.3) is 10.4 Å². The molecular formula is C21H28ClFN2OS. The van der Waals surface area contributed by atoms with Crippen molar-refractivity contribution < 1.29 is 9.18 Å². The van der Waals surface area contributed by atoms with Crippen LogP contribution in [0, 0.1) is 11.7 Å². The number of hydrogen-bond donors (Lipinski definition) is 1. The number of halogens is 2. The number of rotatable bonds is 5. The van der Waals surface area contributed by atoms with Crippen molar-refractivity contribution in [2.75, 3.05) is 6.54 Å². The van der Waals surface area contributed by atoms with Crippen molar-refractivity contribution in [2.24, 2.45) is 5.92 Å². The molecule has 1 N–H and O–H groups in total. The van der Waals surface area contributed by atoms with Crippen molar-refractivity contribution in [1.29, 1.82) is 0 Å². The normalized spacial score (nSPS) is 19.6. The van der Waals surface area contributed by atoms with Gasteiger partial charge in [-0.2, -0.15) is 0 Å². The van der Waals surface area contributed by atoms with Crippen molar-refractivity contribution in [1.82, 2.24) is 10.2 Å². The Bertz CT molecular complexity index is 764. The molecule has 1 aromatic carbocycles. The van der Waals surface area contributed by atoms with Crippen LogP contribution in [0.1, 0.15) is 38.5 Å². The molecule has 6 heteroatoms. The number of nitrogens with zero attached hydrogens (tertiary/aromatic N) is 1. The van der Waals surface area contributed by atoms with E-state index in [4.69, 9.17) is 0 Å². The third-order valence-electron chi connectivity index (χ3n) is 5.01. The van der Waals surface area contributed by atoms with Crippen LogP contribution in [-0.2, 0) is 11.3 Å². The van der Waals surface area contributed by atoms with E-state index in [2.05, 4.69) is 26.1 Å². The summed E-state index contributed by atoms with van der Waals surface area (Å²) in [5.41, 5.74) is 0.623. The zero-order valence-electron chi connectivity index (χ0n) is 16.1. The second-order valence-corrected chi connectivity index (χ2v) is 8.55. The molecule has 1 amide bonds. The Morgan fingerprint density at radius 2 is 2.04 bits per heavy atom. The first-order valence-corrected chi connectivity index (χ1v) is 10.1. The fourth-order valence-electron chi connectivity index (χ4n) is 3.54. The second-order valence-electron chi connectivity index (χ2n) is 7.38. The summed E-state index contributed by atoms with van der Waals surface area (Å²) in [4.78, 5) is 17.0. The molecule has 1 aliphatic heterocycles. The van der Waals surface area contributed by atoms with Crippen LogP contribution < -0.4 is 5.32 Å². The van der Waals surface area contributed by atoms with E-state index in [-0.39, 0.29) is 36.1 Å². The van der Waals surface area contributed by atoms with E-state index < -0.39 is 0 Å². The molecule has 148 valence electrons. The number of nitrogens with one attached hydrogen (secondary N) is 1. The lowest BCUT2D eigenvalue weighted by molar-refractivity contribution is -0.139. The lowest BCUT2D eigenvalue weighted by Gasteiger charge is -2.34. The first-order valence-electron chi connectivity index (χ1n) is 9.33. The molecule has 0 radical (unpaired) electrons. The molecule has 0 aliphatic carbocycles. The van der Waals surface area contributed by atoms with Crippen molar-refractivity contribution in [3.63, 3.8) is 0 Å². The van der Waals surface area contributed by atoms with Crippen LogP contribution in [0.5, 0.6) is 0 Å². The number of hydrogen-bond acceptors (Lipinski definition) is 3. The minimum absolute atomic E-state index is 0. The highest BCUT2D eigenvalue weighted by Gasteiger charge is 2.30. The minimum atomic E-state index is -0.207. The third kappa shape index (κ3) is 5.31. The van der Waals surface area contributed by atoms with Gasteiger partial charge in [-0.1, -0.05) is 18.2 Å². The molecule has 3 rings (SSSR count). The van der Waals surface area contributed by atoms with Gasteiger partial charge >= 0.3 is 0 Å². The fraction of sp³-hybridized carbons (Fsp3) is 0.476. The van der Waals surface area contributed by atoms with Gasteiger partial charge in [0, 0.05) is 33.3 Å². The van der Waals surface area contributed by atoms with Crippen LogP contribution in [-0.4, -0.2) is 29.4 Å². The summed E-state index contributed by atoms with van der Waals surface area (Å²) in [6, 6.07) is 11.3. The van der Waals surface area contributed by atoms with E-state index in [0.717, 1.165) is 29.1 Å². The van der Waals surface area contributed by atoms with Gasteiger partial charge in [-0.15, -0.1) is 23.7 Å². The Kier molecular flexibility index (Phi) is 7.83. The van der Waals surface area contributed by atoms with Gasteiger partial charge in [-0.25, -0.2) is 4.39 Å². The van der Waals surface area contributed by atoms with Crippen LogP contribution >= 0.6 is 23.7 Å². The topological polar surface area (TPSA) is 32.3 Å². The maximum atomic E-state index is 14.0. The van der Waals surface area contributed by atoms with Crippen molar-refractivity contribution in [3.8, 4) is 10.4 Å². The van der Waals surface area contributed by atoms with E-state index in [1.165, 1.54) is 6.07 Å². The summed E-state index contributed by atoms with van der Waals surface area (Å²) in [6.07, 6.45) is 1.80. The molecular weight excluding hydrogens is 383 g/mol. The number of benzene rings is 1. The summed E-state index contributed by atoms with van der Waals surface area (Å²) in [5, 5.41) is 3.41. The summed E-state index contributed by atoms with van der Waals surface area (Å²) in [5.74, 6) is 0.134. The maximum absolute atomic E-state index is 14.0. The molecule has 0 saturated carbocycles. The van der Waals surface area contributed by atoms with Gasteiger partial charge in [0.2, 0.25) is 5.91 Å². The Morgan fingerprint density at radius 1 is 1.30 bits per heavy atom. The van der Waals surface area contributed by atoms with Crippen LogP contribution in [0.15, 0.2) is 36.4 Å². The Hall–Kier alpha value is -1.43. The zero-order valence-corrected chi connectivity index (χ0v) is 17.7. The van der Waals surface area contributed by atoms with Crippen molar-refractivity contribution >= 4 is 29.7 Å². The highest BCUT2D eigenvalue weighted by molar-refractivity contribution is 7.15. The lowest BCUT2D eigenvalue weighted by Crippen LogP contribution is -2.46. The van der Waals surface area contributed by atoms with Crippen molar-refractivity contribution in [2.45, 2.75) is 52.2 Å². The summed E-state index contributed by atoms with van der Waals surface area (Å²) in [7, 11) is 0. The Morgan fingerprint density at radius 3 is 2.70 bits per heavy atom. The zero-order chi connectivity index (χ0) is 18.7. The predicted octanol–water partition coefficient (Wildman–Crippen LogP) is 5.10. The van der Waals surface area contributed by atoms with E-state index in [9.17, 15) is 9.18 Å². The van der Waals surface area contributed by atoms with E-state index in [1.807, 2.05) is 23.1 Å². The molecule has 1 aromatic heterocycles. The molecule has 1 saturated heterocycles. The molecule has 0 unspecified atom stereocenters. The number of piperidine rings is 1. The molecule has 3 nitrogen and oxygen atoms in total. The average Bonchev–Trinajstić information content (AvgIpc) is 3.07. The van der Waals surface area contributed by atoms with E-state index in [1.54, 1.807) is 23.5 Å². The van der Waals surface area contributed by atoms with E-state index in [0.29, 0.717) is 18.2 Å². The number of carbonyl (C=O) groups is 1. The first-order chi connectivity index (χ1) is 12.5. The number of thiophene rings is 1. The highest BCUT2D eigenvalue weighted by Crippen LogP contribution is 2.31. The fourth-order valence-corrected chi connectivity index (χ4v) is 4.58. The molecule has 0 spiro atoms. The van der Waals surface area contributed by atoms with Gasteiger partial charge in [0.1, 0.15) is 5.82 Å². The molecule has 2 atom stereocenters. The second kappa shape index (κ2) is 9.67. The summed E-state index contributed by atoms with van der Waals surface area (Å²) < 4.78 is 14.0.